The Morgan fingerprint density at radius 2 is 1.94 bits per heavy atom. The highest BCUT2D eigenvalue weighted by Crippen LogP contribution is 2.24. The number of likely N-dealkylation sites (N-methyl/N-ethyl adjacent to an activating group) is 1. The van der Waals surface area contributed by atoms with E-state index in [0.29, 0.717) is 27.7 Å². The fourth-order valence-electron chi connectivity index (χ4n) is 3.49. The molecule has 7 nitrogen and oxygen atoms in total. The number of amidine groups is 1. The van der Waals surface area contributed by atoms with Crippen LogP contribution in [0.2, 0.25) is 5.02 Å². The maximum absolute atomic E-state index is 12.9. The van der Waals surface area contributed by atoms with Gasteiger partial charge in [0.25, 0.3) is 5.91 Å². The van der Waals surface area contributed by atoms with Crippen LogP contribution in [0, 0.1) is 6.92 Å². The fraction of sp³-hybridized carbons (Fsp3) is 0.208. The summed E-state index contributed by atoms with van der Waals surface area (Å²) in [6.45, 7) is 3.60. The Kier molecular flexibility index (Phi) is 6.39. The Balaban J connectivity index is 1.51. The molecule has 3 aromatic rings. The second-order valence-electron chi connectivity index (χ2n) is 7.66. The lowest BCUT2D eigenvalue weighted by Gasteiger charge is -2.19. The highest BCUT2D eigenvalue weighted by molar-refractivity contribution is 6.30. The van der Waals surface area contributed by atoms with E-state index in [1.54, 1.807) is 24.3 Å². The number of aliphatic hydroxyl groups excluding tert-OH is 1. The van der Waals surface area contributed by atoms with Crippen LogP contribution >= 0.6 is 11.6 Å². The highest BCUT2D eigenvalue weighted by Gasteiger charge is 2.18. The van der Waals surface area contributed by atoms with Gasteiger partial charge in [-0.15, -0.1) is 0 Å². The number of amides is 1. The summed E-state index contributed by atoms with van der Waals surface area (Å²) in [5, 5.41) is 17.1. The number of hydrogen-bond donors (Lipinski definition) is 3. The van der Waals surface area contributed by atoms with E-state index in [1.807, 2.05) is 44.3 Å². The molecule has 4 rings (SSSR count). The van der Waals surface area contributed by atoms with E-state index in [1.165, 1.54) is 6.20 Å². The van der Waals surface area contributed by atoms with E-state index < -0.39 is 6.23 Å². The molecule has 1 aliphatic rings. The molecule has 0 fully saturated rings. The van der Waals surface area contributed by atoms with Crippen LogP contribution in [0.3, 0.4) is 0 Å². The number of aliphatic hydroxyl groups is 1. The molecule has 1 unspecified atom stereocenters. The molecule has 1 aliphatic heterocycles. The van der Waals surface area contributed by atoms with Gasteiger partial charge in [0, 0.05) is 36.6 Å². The van der Waals surface area contributed by atoms with E-state index in [4.69, 9.17) is 11.6 Å². The third kappa shape index (κ3) is 4.90. The quantitative estimate of drug-likeness (QED) is 0.493. The molecule has 0 spiro atoms. The monoisotopic (exact) mass is 449 g/mol. The molecule has 2 heterocycles. The molecule has 1 aromatic heterocycles. The third-order valence-electron chi connectivity index (χ3n) is 5.22. The summed E-state index contributed by atoms with van der Waals surface area (Å²) in [6.07, 6.45) is 0.477. The molecule has 3 N–H and O–H groups in total. The zero-order valence-corrected chi connectivity index (χ0v) is 18.6. The van der Waals surface area contributed by atoms with Gasteiger partial charge in [0.2, 0.25) is 0 Å². The second kappa shape index (κ2) is 9.38. The van der Waals surface area contributed by atoms with Crippen LogP contribution < -0.4 is 10.6 Å². The first-order chi connectivity index (χ1) is 15.4. The molecule has 0 bridgehead atoms. The van der Waals surface area contributed by atoms with E-state index >= 15 is 0 Å². The minimum Gasteiger partial charge on any atom is -0.369 e. The zero-order valence-electron chi connectivity index (χ0n) is 17.8. The maximum Gasteiger partial charge on any atom is 0.258 e. The minimum absolute atomic E-state index is 0.337. The number of carbonyl (C=O) groups excluding carboxylic acids is 1. The van der Waals surface area contributed by atoms with Crippen molar-refractivity contribution < 1.29 is 9.90 Å². The zero-order chi connectivity index (χ0) is 22.7. The van der Waals surface area contributed by atoms with Crippen LogP contribution in [0.5, 0.6) is 0 Å². The molecular weight excluding hydrogens is 426 g/mol. The lowest BCUT2D eigenvalue weighted by molar-refractivity contribution is 0.102. The number of carbonyl (C=O) groups is 1. The number of pyridine rings is 1. The van der Waals surface area contributed by atoms with Gasteiger partial charge in [-0.2, -0.15) is 0 Å². The smallest absolute Gasteiger partial charge is 0.258 e. The van der Waals surface area contributed by atoms with Crippen molar-refractivity contribution in [1.82, 2.24) is 9.88 Å². The van der Waals surface area contributed by atoms with E-state index in [9.17, 15) is 9.90 Å². The number of hydrogen-bond acceptors (Lipinski definition) is 6. The van der Waals surface area contributed by atoms with Gasteiger partial charge in [-0.05, 0) is 31.2 Å². The van der Waals surface area contributed by atoms with Crippen LogP contribution in [0.4, 0.5) is 11.5 Å². The Morgan fingerprint density at radius 1 is 1.16 bits per heavy atom. The standard InChI is InChI=1S/C24H24ClN5O2/c1-15-3-9-20(19(13-15)24(32)29-21-10-8-18(25)14-27-21)28-23(31)17-6-4-16(5-7-17)22-26-11-12-30(22)2/h3-10,13-14,23,28,31H,11-12H2,1-2H3,(H,27,29,32). The number of aromatic nitrogens is 1. The average molecular weight is 450 g/mol. The van der Waals surface area contributed by atoms with Crippen LogP contribution in [0.25, 0.3) is 0 Å². The highest BCUT2D eigenvalue weighted by atomic mass is 35.5. The molecule has 0 aliphatic carbocycles. The van der Waals surface area contributed by atoms with E-state index in [2.05, 4.69) is 25.5 Å². The van der Waals surface area contributed by atoms with Gasteiger partial charge >= 0.3 is 0 Å². The lowest BCUT2D eigenvalue weighted by atomic mass is 10.1. The van der Waals surface area contributed by atoms with Gasteiger partial charge in [0.15, 0.2) is 6.23 Å². The number of aliphatic imine (C=N–C) groups is 1. The summed E-state index contributed by atoms with van der Waals surface area (Å²) in [5.74, 6) is 1.01. The number of halogens is 1. The van der Waals surface area contributed by atoms with Crippen molar-refractivity contribution in [3.63, 3.8) is 0 Å². The predicted molar refractivity (Wildman–Crippen MR) is 127 cm³/mol. The molecule has 8 heteroatoms. The second-order valence-corrected chi connectivity index (χ2v) is 8.10. The van der Waals surface area contributed by atoms with Crippen molar-refractivity contribution in [1.29, 1.82) is 0 Å². The molecule has 164 valence electrons. The topological polar surface area (TPSA) is 89.9 Å². The number of nitrogens with zero attached hydrogens (tertiary/aromatic N) is 3. The summed E-state index contributed by atoms with van der Waals surface area (Å²) in [7, 11) is 2.01. The van der Waals surface area contributed by atoms with E-state index in [0.717, 1.165) is 30.1 Å². The molecular formula is C24H24ClN5O2. The van der Waals surface area contributed by atoms with E-state index in [-0.39, 0.29) is 5.91 Å². The number of nitrogens with one attached hydrogen (secondary N) is 2. The van der Waals surface area contributed by atoms with Gasteiger partial charge < -0.3 is 20.6 Å². The fourth-order valence-corrected chi connectivity index (χ4v) is 3.61. The van der Waals surface area contributed by atoms with Crippen molar-refractivity contribution in [3.8, 4) is 0 Å². The van der Waals surface area contributed by atoms with Crippen LogP contribution in [-0.4, -0.2) is 46.9 Å². The average Bonchev–Trinajstić information content (AvgIpc) is 3.22. The molecule has 2 aromatic carbocycles. The first-order valence-corrected chi connectivity index (χ1v) is 10.6. The summed E-state index contributed by atoms with van der Waals surface area (Å²) >= 11 is 5.86. The molecule has 0 radical (unpaired) electrons. The van der Waals surface area contributed by atoms with Crippen LogP contribution in [0.15, 0.2) is 65.8 Å². The van der Waals surface area contributed by atoms with Crippen molar-refractivity contribution in [3.05, 3.63) is 88.1 Å². The van der Waals surface area contributed by atoms with Crippen LogP contribution in [0.1, 0.15) is 33.3 Å². The molecule has 32 heavy (non-hydrogen) atoms. The molecule has 1 atom stereocenters. The number of benzene rings is 2. The van der Waals surface area contributed by atoms with Crippen molar-refractivity contribution >= 4 is 34.8 Å². The molecule has 1 amide bonds. The van der Waals surface area contributed by atoms with Crippen molar-refractivity contribution in [2.75, 3.05) is 30.8 Å². The number of rotatable bonds is 6. The predicted octanol–water partition coefficient (Wildman–Crippen LogP) is 4.09. The summed E-state index contributed by atoms with van der Waals surface area (Å²) in [4.78, 5) is 23.6. The number of aryl methyl sites for hydroxylation is 1. The Hall–Kier alpha value is -3.42. The van der Waals surface area contributed by atoms with Crippen LogP contribution in [-0.2, 0) is 0 Å². The molecule has 0 saturated heterocycles. The Bertz CT molecular complexity index is 1150. The Morgan fingerprint density at radius 3 is 2.59 bits per heavy atom. The van der Waals surface area contributed by atoms with Crippen molar-refractivity contribution in [2.45, 2.75) is 13.2 Å². The first kappa shape index (κ1) is 21.8. The van der Waals surface area contributed by atoms with Gasteiger partial charge in [-0.3, -0.25) is 9.79 Å². The molecule has 0 saturated carbocycles. The lowest BCUT2D eigenvalue weighted by Crippen LogP contribution is -2.23. The van der Waals surface area contributed by atoms with Gasteiger partial charge in [-0.1, -0.05) is 47.5 Å². The van der Waals surface area contributed by atoms with Crippen molar-refractivity contribution in [2.24, 2.45) is 4.99 Å². The van der Waals surface area contributed by atoms with Gasteiger partial charge in [0.05, 0.1) is 17.1 Å². The SMILES string of the molecule is Cc1ccc(NC(O)c2ccc(C3=NCCN3C)cc2)c(C(=O)Nc2ccc(Cl)cn2)c1. The summed E-state index contributed by atoms with van der Waals surface area (Å²) < 4.78 is 0. The maximum atomic E-state index is 12.9. The minimum atomic E-state index is -0.991. The summed E-state index contributed by atoms with van der Waals surface area (Å²) in [6, 6.07) is 16.3. The summed E-state index contributed by atoms with van der Waals surface area (Å²) in [5.41, 5.74) is 3.52. The Labute approximate surface area is 191 Å². The number of anilines is 2. The van der Waals surface area contributed by atoms with Gasteiger partial charge in [-0.25, -0.2) is 4.98 Å². The van der Waals surface area contributed by atoms with Gasteiger partial charge in [0.1, 0.15) is 11.7 Å². The normalized spacial score (nSPS) is 14.1. The first-order valence-electron chi connectivity index (χ1n) is 10.2. The largest absolute Gasteiger partial charge is 0.369 e. The third-order valence-corrected chi connectivity index (χ3v) is 5.45.